The Morgan fingerprint density at radius 3 is 2.38 bits per heavy atom. The first-order valence-electron chi connectivity index (χ1n) is 7.31. The minimum Gasteiger partial charge on any atom is -0.342 e. The van der Waals surface area contributed by atoms with Crippen molar-refractivity contribution >= 4 is 33.4 Å². The van der Waals surface area contributed by atoms with Crippen molar-refractivity contribution in [2.75, 3.05) is 18.4 Å². The Hall–Kier alpha value is -1.36. The Balaban J connectivity index is 2.12. The Morgan fingerprint density at radius 2 is 1.90 bits per heavy atom. The van der Waals surface area contributed by atoms with Crippen molar-refractivity contribution in [2.45, 2.75) is 33.6 Å². The van der Waals surface area contributed by atoms with Crippen LogP contribution in [0.1, 0.15) is 32.3 Å². The first-order valence-corrected chi connectivity index (χ1v) is 8.11. The van der Waals surface area contributed by atoms with Gasteiger partial charge >= 0.3 is 0 Å². The van der Waals surface area contributed by atoms with Crippen LogP contribution in [0.5, 0.6) is 0 Å². The molecule has 0 bridgehead atoms. The lowest BCUT2D eigenvalue weighted by atomic mass is 10.0. The van der Waals surface area contributed by atoms with Crippen LogP contribution >= 0.6 is 15.9 Å². The maximum atomic E-state index is 12.5. The van der Waals surface area contributed by atoms with Gasteiger partial charge in [-0.15, -0.1) is 0 Å². The van der Waals surface area contributed by atoms with Gasteiger partial charge < -0.3 is 10.2 Å². The molecule has 1 N–H and O–H groups in total. The maximum absolute atomic E-state index is 12.5. The average molecular weight is 353 g/mol. The van der Waals surface area contributed by atoms with E-state index in [4.69, 9.17) is 0 Å². The van der Waals surface area contributed by atoms with E-state index in [0.717, 1.165) is 15.7 Å². The van der Waals surface area contributed by atoms with E-state index in [1.807, 2.05) is 39.0 Å². The highest BCUT2D eigenvalue weighted by Crippen LogP contribution is 2.48. The third-order valence-electron chi connectivity index (χ3n) is 4.06. The third-order valence-corrected chi connectivity index (χ3v) is 4.95. The van der Waals surface area contributed by atoms with Crippen molar-refractivity contribution in [1.29, 1.82) is 0 Å². The number of nitrogens with one attached hydrogen (secondary N) is 1. The largest absolute Gasteiger partial charge is 0.342 e. The highest BCUT2D eigenvalue weighted by atomic mass is 79.9. The van der Waals surface area contributed by atoms with Crippen LogP contribution in [0.25, 0.3) is 0 Å². The minimum atomic E-state index is -0.840. The van der Waals surface area contributed by atoms with Crippen molar-refractivity contribution in [3.05, 3.63) is 28.2 Å². The molecule has 2 rings (SSSR count). The number of amides is 2. The predicted molar refractivity (Wildman–Crippen MR) is 87.1 cm³/mol. The fourth-order valence-corrected chi connectivity index (χ4v) is 2.70. The summed E-state index contributed by atoms with van der Waals surface area (Å²) >= 11 is 3.43. The summed E-state index contributed by atoms with van der Waals surface area (Å²) in [7, 11) is 0. The highest BCUT2D eigenvalue weighted by molar-refractivity contribution is 9.10. The van der Waals surface area contributed by atoms with E-state index in [9.17, 15) is 9.59 Å². The van der Waals surface area contributed by atoms with Crippen LogP contribution in [0, 0.1) is 12.3 Å². The van der Waals surface area contributed by atoms with Gasteiger partial charge in [0.25, 0.3) is 0 Å². The number of halogens is 1. The lowest BCUT2D eigenvalue weighted by Crippen LogP contribution is -2.42. The zero-order chi connectivity index (χ0) is 15.6. The van der Waals surface area contributed by atoms with E-state index in [1.54, 1.807) is 4.90 Å². The monoisotopic (exact) mass is 352 g/mol. The van der Waals surface area contributed by atoms with E-state index < -0.39 is 5.41 Å². The number of benzene rings is 1. The van der Waals surface area contributed by atoms with Gasteiger partial charge in [0.1, 0.15) is 5.41 Å². The summed E-state index contributed by atoms with van der Waals surface area (Å²) in [6.45, 7) is 7.12. The lowest BCUT2D eigenvalue weighted by molar-refractivity contribution is -0.141. The molecule has 0 saturated heterocycles. The Morgan fingerprint density at radius 1 is 1.29 bits per heavy atom. The second-order valence-corrected chi connectivity index (χ2v) is 6.33. The molecule has 4 nitrogen and oxygen atoms in total. The van der Waals surface area contributed by atoms with Gasteiger partial charge in [0.15, 0.2) is 0 Å². The van der Waals surface area contributed by atoms with Crippen molar-refractivity contribution in [3.8, 4) is 0 Å². The number of nitrogens with zero attached hydrogens (tertiary/aromatic N) is 1. The smallest absolute Gasteiger partial charge is 0.240 e. The van der Waals surface area contributed by atoms with Gasteiger partial charge in [0.2, 0.25) is 11.8 Å². The highest BCUT2D eigenvalue weighted by Gasteiger charge is 2.57. The minimum absolute atomic E-state index is 0.0427. The van der Waals surface area contributed by atoms with Gasteiger partial charge in [-0.1, -0.05) is 15.9 Å². The Bertz CT molecular complexity index is 563. The average Bonchev–Trinajstić information content (AvgIpc) is 3.26. The summed E-state index contributed by atoms with van der Waals surface area (Å²) < 4.78 is 1.00. The molecule has 21 heavy (non-hydrogen) atoms. The number of anilines is 1. The molecule has 114 valence electrons. The summed E-state index contributed by atoms with van der Waals surface area (Å²) in [4.78, 5) is 26.7. The summed E-state index contributed by atoms with van der Waals surface area (Å²) in [6.07, 6.45) is 1.29. The van der Waals surface area contributed by atoms with E-state index in [-0.39, 0.29) is 11.8 Å². The van der Waals surface area contributed by atoms with Crippen molar-refractivity contribution in [3.63, 3.8) is 0 Å². The van der Waals surface area contributed by atoms with Crippen molar-refractivity contribution in [2.24, 2.45) is 5.41 Å². The number of hydrogen-bond donors (Lipinski definition) is 1. The van der Waals surface area contributed by atoms with Gasteiger partial charge in [0, 0.05) is 23.2 Å². The first kappa shape index (κ1) is 16.0. The van der Waals surface area contributed by atoms with Crippen molar-refractivity contribution < 1.29 is 9.59 Å². The van der Waals surface area contributed by atoms with Crippen LogP contribution < -0.4 is 5.32 Å². The second kappa shape index (κ2) is 6.18. The molecule has 0 spiro atoms. The molecule has 0 radical (unpaired) electrons. The molecule has 5 heteroatoms. The quantitative estimate of drug-likeness (QED) is 0.826. The molecule has 2 amide bonds. The number of carbonyl (C=O) groups is 2. The van der Waals surface area contributed by atoms with Gasteiger partial charge in [-0.05, 0) is 57.4 Å². The van der Waals surface area contributed by atoms with Crippen LogP contribution in [-0.2, 0) is 9.59 Å². The normalized spacial score (nSPS) is 15.4. The zero-order valence-corrected chi connectivity index (χ0v) is 14.3. The van der Waals surface area contributed by atoms with E-state index in [2.05, 4.69) is 21.2 Å². The van der Waals surface area contributed by atoms with Crippen LogP contribution in [-0.4, -0.2) is 29.8 Å². The third kappa shape index (κ3) is 3.12. The fourth-order valence-electron chi connectivity index (χ4n) is 2.45. The van der Waals surface area contributed by atoms with E-state index >= 15 is 0 Å². The maximum Gasteiger partial charge on any atom is 0.240 e. The molecular weight excluding hydrogens is 332 g/mol. The molecular formula is C16H21BrN2O2. The van der Waals surface area contributed by atoms with Gasteiger partial charge in [-0.25, -0.2) is 0 Å². The molecule has 1 saturated carbocycles. The Labute approximate surface area is 134 Å². The van der Waals surface area contributed by atoms with Crippen LogP contribution in [0.4, 0.5) is 5.69 Å². The van der Waals surface area contributed by atoms with Gasteiger partial charge in [-0.3, -0.25) is 9.59 Å². The molecule has 1 aromatic carbocycles. The van der Waals surface area contributed by atoms with Gasteiger partial charge in [0.05, 0.1) is 0 Å². The zero-order valence-electron chi connectivity index (χ0n) is 12.7. The number of hydrogen-bond acceptors (Lipinski definition) is 2. The SMILES string of the molecule is CCN(CC)C(=O)C1(C(=O)Nc2ccc(Br)c(C)c2)CC1. The molecule has 1 aliphatic carbocycles. The van der Waals surface area contributed by atoms with Crippen LogP contribution in [0.3, 0.4) is 0 Å². The summed E-state index contributed by atoms with van der Waals surface area (Å²) in [5.41, 5.74) is 0.944. The van der Waals surface area contributed by atoms with E-state index in [1.165, 1.54) is 0 Å². The van der Waals surface area contributed by atoms with E-state index in [0.29, 0.717) is 25.9 Å². The topological polar surface area (TPSA) is 49.4 Å². The van der Waals surface area contributed by atoms with Crippen LogP contribution in [0.2, 0.25) is 0 Å². The van der Waals surface area contributed by atoms with Gasteiger partial charge in [-0.2, -0.15) is 0 Å². The fraction of sp³-hybridized carbons (Fsp3) is 0.500. The Kier molecular flexibility index (Phi) is 4.71. The molecule has 1 aliphatic rings. The lowest BCUT2D eigenvalue weighted by Gasteiger charge is -2.24. The summed E-state index contributed by atoms with van der Waals surface area (Å²) in [5, 5.41) is 2.89. The molecule has 1 aromatic rings. The molecule has 0 aliphatic heterocycles. The standard InChI is InChI=1S/C16H21BrN2O2/c1-4-19(5-2)15(21)16(8-9-16)14(20)18-12-6-7-13(17)11(3)10-12/h6-7,10H,4-5,8-9H2,1-3H3,(H,18,20). The summed E-state index contributed by atoms with van der Waals surface area (Å²) in [6, 6.07) is 5.64. The molecule has 0 aromatic heterocycles. The second-order valence-electron chi connectivity index (χ2n) is 5.48. The molecule has 1 fully saturated rings. The molecule has 0 heterocycles. The number of rotatable bonds is 5. The predicted octanol–water partition coefficient (Wildman–Crippen LogP) is 3.34. The molecule has 0 atom stereocenters. The van der Waals surface area contributed by atoms with Crippen LogP contribution in [0.15, 0.2) is 22.7 Å². The van der Waals surface area contributed by atoms with Crippen molar-refractivity contribution in [1.82, 2.24) is 4.90 Å². The summed E-state index contributed by atoms with van der Waals surface area (Å²) in [5.74, 6) is -0.222. The number of carbonyl (C=O) groups excluding carboxylic acids is 2. The molecule has 0 unspecified atom stereocenters. The number of aryl methyl sites for hydroxylation is 1. The first-order chi connectivity index (χ1) is 9.94.